The van der Waals surface area contributed by atoms with Crippen LogP contribution in [-0.4, -0.2) is 12.2 Å². The highest BCUT2D eigenvalue weighted by molar-refractivity contribution is 5.22. The zero-order valence-electron chi connectivity index (χ0n) is 11.1. The SMILES string of the molecule is CNCc1cnoc1C1C2CC3CC(C2)CC1C3. The number of aromatic nitrogens is 1. The minimum atomic E-state index is 0.670. The first-order chi connectivity index (χ1) is 8.85. The molecule has 1 heterocycles. The smallest absolute Gasteiger partial charge is 0.144 e. The van der Waals surface area contributed by atoms with E-state index in [0.717, 1.165) is 30.2 Å². The monoisotopic (exact) mass is 246 g/mol. The molecular weight excluding hydrogens is 224 g/mol. The lowest BCUT2D eigenvalue weighted by atomic mass is 9.51. The molecule has 0 atom stereocenters. The molecule has 1 aromatic heterocycles. The average Bonchev–Trinajstić information content (AvgIpc) is 2.76. The molecule has 0 saturated heterocycles. The van der Waals surface area contributed by atoms with E-state index in [1.807, 2.05) is 13.2 Å². The Morgan fingerprint density at radius 1 is 1.17 bits per heavy atom. The zero-order chi connectivity index (χ0) is 12.1. The summed E-state index contributed by atoms with van der Waals surface area (Å²) in [6.07, 6.45) is 9.19. The van der Waals surface area contributed by atoms with Crippen LogP contribution < -0.4 is 5.32 Å². The van der Waals surface area contributed by atoms with E-state index in [2.05, 4.69) is 10.5 Å². The molecule has 1 aromatic rings. The lowest BCUT2D eigenvalue weighted by molar-refractivity contribution is -0.0117. The van der Waals surface area contributed by atoms with Gasteiger partial charge in [0, 0.05) is 18.0 Å². The van der Waals surface area contributed by atoms with Crippen molar-refractivity contribution in [3.05, 3.63) is 17.5 Å². The zero-order valence-corrected chi connectivity index (χ0v) is 11.1. The van der Waals surface area contributed by atoms with Crippen molar-refractivity contribution < 1.29 is 4.52 Å². The summed E-state index contributed by atoms with van der Waals surface area (Å²) in [6.45, 7) is 0.891. The second-order valence-electron chi connectivity index (χ2n) is 6.70. The van der Waals surface area contributed by atoms with Crippen LogP contribution in [0.4, 0.5) is 0 Å². The minimum absolute atomic E-state index is 0.670. The van der Waals surface area contributed by atoms with Crippen molar-refractivity contribution in [2.24, 2.45) is 23.7 Å². The van der Waals surface area contributed by atoms with Crippen LogP contribution in [0.15, 0.2) is 10.7 Å². The van der Waals surface area contributed by atoms with Crippen LogP contribution in [0.1, 0.15) is 49.3 Å². The highest BCUT2D eigenvalue weighted by atomic mass is 16.5. The third kappa shape index (κ3) is 1.56. The molecule has 1 N–H and O–H groups in total. The molecule has 4 saturated carbocycles. The Kier molecular flexibility index (Phi) is 2.51. The van der Waals surface area contributed by atoms with Crippen molar-refractivity contribution >= 4 is 0 Å². The van der Waals surface area contributed by atoms with Crippen molar-refractivity contribution in [3.63, 3.8) is 0 Å². The number of nitrogens with zero attached hydrogens (tertiary/aromatic N) is 1. The Morgan fingerprint density at radius 2 is 1.83 bits per heavy atom. The van der Waals surface area contributed by atoms with Gasteiger partial charge in [0.25, 0.3) is 0 Å². The van der Waals surface area contributed by atoms with Gasteiger partial charge >= 0.3 is 0 Å². The van der Waals surface area contributed by atoms with Gasteiger partial charge in [0.1, 0.15) is 5.76 Å². The highest BCUT2D eigenvalue weighted by Gasteiger charge is 2.50. The Bertz CT molecular complexity index is 411. The number of nitrogens with one attached hydrogen (secondary N) is 1. The number of hydrogen-bond donors (Lipinski definition) is 1. The van der Waals surface area contributed by atoms with Crippen LogP contribution in [0.2, 0.25) is 0 Å². The molecule has 3 heteroatoms. The van der Waals surface area contributed by atoms with E-state index in [-0.39, 0.29) is 0 Å². The fraction of sp³-hybridized carbons (Fsp3) is 0.800. The first kappa shape index (κ1) is 11.0. The topological polar surface area (TPSA) is 38.1 Å². The first-order valence-corrected chi connectivity index (χ1v) is 7.43. The second kappa shape index (κ2) is 4.09. The summed E-state index contributed by atoms with van der Waals surface area (Å²) < 4.78 is 5.65. The Balaban J connectivity index is 1.66. The van der Waals surface area contributed by atoms with E-state index in [4.69, 9.17) is 4.52 Å². The molecule has 4 aliphatic carbocycles. The van der Waals surface area contributed by atoms with Gasteiger partial charge in [-0.25, -0.2) is 0 Å². The predicted octanol–water partition coefficient (Wildman–Crippen LogP) is 2.93. The molecule has 0 unspecified atom stereocenters. The van der Waals surface area contributed by atoms with Crippen molar-refractivity contribution in [3.8, 4) is 0 Å². The van der Waals surface area contributed by atoms with Crippen LogP contribution in [-0.2, 0) is 6.54 Å². The molecule has 0 amide bonds. The Labute approximate surface area is 108 Å². The fourth-order valence-electron chi connectivity index (χ4n) is 5.22. The second-order valence-corrected chi connectivity index (χ2v) is 6.70. The fourth-order valence-corrected chi connectivity index (χ4v) is 5.22. The standard InChI is InChI=1S/C15H22N2O/c1-16-7-13-8-17-18-15(13)14-11-3-9-2-10(5-11)6-12(14)4-9/h8-12,14,16H,2-7H2,1H3. The van der Waals surface area contributed by atoms with Gasteiger partial charge in [0.15, 0.2) is 0 Å². The van der Waals surface area contributed by atoms with Gasteiger partial charge in [-0.15, -0.1) is 0 Å². The summed E-state index contributed by atoms with van der Waals surface area (Å²) in [5, 5.41) is 7.29. The van der Waals surface area contributed by atoms with Crippen molar-refractivity contribution in [2.75, 3.05) is 7.05 Å². The van der Waals surface area contributed by atoms with Gasteiger partial charge in [-0.3, -0.25) is 0 Å². The summed E-state index contributed by atoms with van der Waals surface area (Å²) in [7, 11) is 1.99. The number of rotatable bonds is 3. The molecule has 5 rings (SSSR count). The van der Waals surface area contributed by atoms with Crippen LogP contribution in [0.25, 0.3) is 0 Å². The van der Waals surface area contributed by atoms with Crippen molar-refractivity contribution in [1.29, 1.82) is 0 Å². The van der Waals surface area contributed by atoms with Crippen LogP contribution >= 0.6 is 0 Å². The van der Waals surface area contributed by atoms with Gasteiger partial charge in [-0.1, -0.05) is 5.16 Å². The summed E-state index contributed by atoms with van der Waals surface area (Å²) >= 11 is 0. The van der Waals surface area contributed by atoms with Gasteiger partial charge in [-0.05, 0) is 62.8 Å². The maximum Gasteiger partial charge on any atom is 0.144 e. The van der Waals surface area contributed by atoms with E-state index in [0.29, 0.717) is 5.92 Å². The summed E-state index contributed by atoms with van der Waals surface area (Å²) in [6, 6.07) is 0. The molecule has 0 aliphatic heterocycles. The lowest BCUT2D eigenvalue weighted by Gasteiger charge is -2.53. The molecule has 0 radical (unpaired) electrons. The molecule has 3 nitrogen and oxygen atoms in total. The third-order valence-electron chi connectivity index (χ3n) is 5.57. The molecule has 98 valence electrons. The largest absolute Gasteiger partial charge is 0.361 e. The van der Waals surface area contributed by atoms with Gasteiger partial charge in [-0.2, -0.15) is 0 Å². The molecule has 0 aromatic carbocycles. The Hall–Kier alpha value is -0.830. The molecule has 4 fully saturated rings. The van der Waals surface area contributed by atoms with E-state index in [9.17, 15) is 0 Å². The maximum absolute atomic E-state index is 5.65. The minimum Gasteiger partial charge on any atom is -0.361 e. The molecular formula is C15H22N2O. The lowest BCUT2D eigenvalue weighted by Crippen LogP contribution is -2.44. The summed E-state index contributed by atoms with van der Waals surface area (Å²) in [5.74, 6) is 5.69. The molecule has 0 spiro atoms. The van der Waals surface area contributed by atoms with Gasteiger partial charge in [0.2, 0.25) is 0 Å². The maximum atomic E-state index is 5.65. The van der Waals surface area contributed by atoms with E-state index in [1.165, 1.54) is 43.4 Å². The van der Waals surface area contributed by atoms with Crippen molar-refractivity contribution in [1.82, 2.24) is 10.5 Å². The molecule has 18 heavy (non-hydrogen) atoms. The van der Waals surface area contributed by atoms with Gasteiger partial charge in [0.05, 0.1) is 6.20 Å². The van der Waals surface area contributed by atoms with Crippen LogP contribution in [0, 0.1) is 23.7 Å². The number of hydrogen-bond acceptors (Lipinski definition) is 3. The quantitative estimate of drug-likeness (QED) is 0.891. The van der Waals surface area contributed by atoms with Crippen LogP contribution in [0.3, 0.4) is 0 Å². The first-order valence-electron chi connectivity index (χ1n) is 7.43. The van der Waals surface area contributed by atoms with E-state index < -0.39 is 0 Å². The molecule has 4 aliphatic rings. The van der Waals surface area contributed by atoms with E-state index in [1.54, 1.807) is 0 Å². The van der Waals surface area contributed by atoms with Gasteiger partial charge < -0.3 is 9.84 Å². The average molecular weight is 246 g/mol. The Morgan fingerprint density at radius 3 is 2.44 bits per heavy atom. The predicted molar refractivity (Wildman–Crippen MR) is 69.1 cm³/mol. The normalized spacial score (nSPS) is 41.5. The molecule has 4 bridgehead atoms. The summed E-state index contributed by atoms with van der Waals surface area (Å²) in [5.41, 5.74) is 1.29. The summed E-state index contributed by atoms with van der Waals surface area (Å²) in [4.78, 5) is 0. The highest BCUT2D eigenvalue weighted by Crippen LogP contribution is 2.60. The van der Waals surface area contributed by atoms with E-state index >= 15 is 0 Å². The third-order valence-corrected chi connectivity index (χ3v) is 5.57. The van der Waals surface area contributed by atoms with Crippen molar-refractivity contribution in [2.45, 2.75) is 44.6 Å². The van der Waals surface area contributed by atoms with Crippen LogP contribution in [0.5, 0.6) is 0 Å².